The lowest BCUT2D eigenvalue weighted by atomic mass is 10.1. The van der Waals surface area contributed by atoms with E-state index in [4.69, 9.17) is 0 Å². The summed E-state index contributed by atoms with van der Waals surface area (Å²) in [5, 5.41) is 11.2. The third kappa shape index (κ3) is 1.72. The predicted molar refractivity (Wildman–Crippen MR) is 80.5 cm³/mol. The van der Waals surface area contributed by atoms with Gasteiger partial charge in [0.15, 0.2) is 0 Å². The van der Waals surface area contributed by atoms with Crippen LogP contribution < -0.4 is 5.56 Å². The Kier molecular flexibility index (Phi) is 2.35. The second-order valence-corrected chi connectivity index (χ2v) is 5.44. The van der Waals surface area contributed by atoms with E-state index in [0.29, 0.717) is 33.5 Å². The Labute approximate surface area is 119 Å². The Bertz CT molecular complexity index is 1040. The van der Waals surface area contributed by atoms with Gasteiger partial charge in [-0.25, -0.2) is 4.98 Å². The Morgan fingerprint density at radius 1 is 1.10 bits per heavy atom. The van der Waals surface area contributed by atoms with Gasteiger partial charge in [-0.05, 0) is 29.7 Å². The van der Waals surface area contributed by atoms with E-state index in [-0.39, 0.29) is 5.56 Å². The minimum absolute atomic E-state index is 0.0811. The largest absolute Gasteiger partial charge is 0.268 e. The number of pyridine rings is 1. The zero-order chi connectivity index (χ0) is 14.6. The topological polar surface area (TPSA) is 75.9 Å². The van der Waals surface area contributed by atoms with Crippen LogP contribution in [0.5, 0.6) is 0 Å². The Balaban J connectivity index is 2.16. The van der Waals surface area contributed by atoms with Crippen molar-refractivity contribution in [1.82, 2.24) is 24.8 Å². The number of hydrogen-bond acceptors (Lipinski definition) is 4. The number of fused-ring (bicyclic) bond motifs is 3. The molecule has 6 nitrogen and oxygen atoms in total. The molecule has 21 heavy (non-hydrogen) atoms. The van der Waals surface area contributed by atoms with Crippen molar-refractivity contribution in [2.75, 3.05) is 0 Å². The first-order chi connectivity index (χ1) is 10.1. The van der Waals surface area contributed by atoms with Gasteiger partial charge < -0.3 is 0 Å². The molecule has 0 saturated carbocycles. The fourth-order valence-electron chi connectivity index (χ4n) is 2.50. The number of rotatable bonds is 1. The number of nitrogens with one attached hydrogen (secondary N) is 1. The number of hydrogen-bond donors (Lipinski definition) is 1. The highest BCUT2D eigenvalue weighted by molar-refractivity contribution is 5.92. The molecule has 0 aliphatic heterocycles. The van der Waals surface area contributed by atoms with Crippen molar-refractivity contribution in [3.63, 3.8) is 0 Å². The summed E-state index contributed by atoms with van der Waals surface area (Å²) in [4.78, 5) is 17.2. The predicted octanol–water partition coefficient (Wildman–Crippen LogP) is 2.24. The highest BCUT2D eigenvalue weighted by Crippen LogP contribution is 2.18. The van der Waals surface area contributed by atoms with Gasteiger partial charge in [-0.3, -0.25) is 9.20 Å². The van der Waals surface area contributed by atoms with Crippen LogP contribution in [0.4, 0.5) is 0 Å². The lowest BCUT2D eigenvalue weighted by Gasteiger charge is -2.08. The van der Waals surface area contributed by atoms with E-state index in [9.17, 15) is 4.79 Å². The maximum atomic E-state index is 12.7. The van der Waals surface area contributed by atoms with Crippen molar-refractivity contribution in [3.05, 3.63) is 46.4 Å². The minimum atomic E-state index is -0.0811. The van der Waals surface area contributed by atoms with E-state index < -0.39 is 0 Å². The van der Waals surface area contributed by atoms with Crippen LogP contribution in [-0.2, 0) is 0 Å². The van der Waals surface area contributed by atoms with Crippen LogP contribution in [0.1, 0.15) is 25.3 Å². The highest BCUT2D eigenvalue weighted by Gasteiger charge is 2.10. The molecular formula is C15H13N5O. The molecule has 4 rings (SSSR count). The molecule has 0 spiro atoms. The summed E-state index contributed by atoms with van der Waals surface area (Å²) in [5.41, 5.74) is 3.67. The van der Waals surface area contributed by atoms with Crippen molar-refractivity contribution < 1.29 is 0 Å². The molecule has 0 aliphatic carbocycles. The van der Waals surface area contributed by atoms with Gasteiger partial charge in [0, 0.05) is 6.20 Å². The minimum Gasteiger partial charge on any atom is -0.268 e. The first-order valence-corrected chi connectivity index (χ1v) is 6.80. The Morgan fingerprint density at radius 3 is 2.62 bits per heavy atom. The van der Waals surface area contributed by atoms with Crippen LogP contribution in [-0.4, -0.2) is 24.8 Å². The van der Waals surface area contributed by atoms with Gasteiger partial charge in [-0.2, -0.15) is 15.4 Å². The molecule has 3 heterocycles. The molecule has 104 valence electrons. The second-order valence-electron chi connectivity index (χ2n) is 5.44. The molecule has 0 saturated heterocycles. The van der Waals surface area contributed by atoms with Gasteiger partial charge in [0.05, 0.1) is 10.9 Å². The molecule has 3 aromatic heterocycles. The first kappa shape index (κ1) is 12.0. The van der Waals surface area contributed by atoms with Crippen molar-refractivity contribution in [2.45, 2.75) is 19.8 Å². The summed E-state index contributed by atoms with van der Waals surface area (Å²) in [6.07, 6.45) is 1.86. The molecule has 4 aromatic rings. The number of aromatic nitrogens is 5. The number of aromatic amines is 1. The molecule has 1 aromatic carbocycles. The Hall–Kier alpha value is -2.76. The molecule has 0 unspecified atom stereocenters. The van der Waals surface area contributed by atoms with Crippen molar-refractivity contribution >= 4 is 27.6 Å². The second kappa shape index (κ2) is 4.12. The van der Waals surface area contributed by atoms with Gasteiger partial charge in [0.25, 0.3) is 5.56 Å². The van der Waals surface area contributed by atoms with Crippen LogP contribution in [0.2, 0.25) is 0 Å². The van der Waals surface area contributed by atoms with Gasteiger partial charge in [-0.1, -0.05) is 19.9 Å². The lowest BCUT2D eigenvalue weighted by Crippen LogP contribution is -2.15. The van der Waals surface area contributed by atoms with Crippen LogP contribution in [0, 0.1) is 0 Å². The molecule has 6 heteroatoms. The van der Waals surface area contributed by atoms with E-state index in [1.165, 1.54) is 0 Å². The molecule has 0 aliphatic rings. The summed E-state index contributed by atoms with van der Waals surface area (Å²) in [6, 6.07) is 7.40. The van der Waals surface area contributed by atoms with Gasteiger partial charge in [0.2, 0.25) is 0 Å². The van der Waals surface area contributed by atoms with Crippen LogP contribution >= 0.6 is 0 Å². The zero-order valence-electron chi connectivity index (χ0n) is 11.7. The first-order valence-electron chi connectivity index (χ1n) is 6.80. The quantitative estimate of drug-likeness (QED) is 0.542. The maximum Gasteiger partial charge on any atom is 0.265 e. The molecule has 0 radical (unpaired) electrons. The fraction of sp³-hybridized carbons (Fsp3) is 0.200. The number of H-pyrrole nitrogens is 1. The average molecular weight is 279 g/mol. The summed E-state index contributed by atoms with van der Waals surface area (Å²) >= 11 is 0. The van der Waals surface area contributed by atoms with Gasteiger partial charge >= 0.3 is 0 Å². The van der Waals surface area contributed by atoms with Crippen molar-refractivity contribution in [2.24, 2.45) is 0 Å². The molecule has 0 bridgehead atoms. The molecule has 0 fully saturated rings. The number of nitrogens with zero attached hydrogens (tertiary/aromatic N) is 4. The normalized spacial score (nSPS) is 12.0. The molecule has 0 atom stereocenters. The van der Waals surface area contributed by atoms with Gasteiger partial charge in [-0.15, -0.1) is 0 Å². The lowest BCUT2D eigenvalue weighted by molar-refractivity contribution is 0.849. The number of benzene rings is 1. The van der Waals surface area contributed by atoms with Crippen LogP contribution in [0.25, 0.3) is 27.6 Å². The van der Waals surface area contributed by atoms with E-state index in [1.54, 1.807) is 16.5 Å². The van der Waals surface area contributed by atoms with Crippen LogP contribution in [0.15, 0.2) is 35.3 Å². The molecule has 1 N–H and O–H groups in total. The fourth-order valence-corrected chi connectivity index (χ4v) is 2.50. The molecule has 0 amide bonds. The van der Waals surface area contributed by atoms with Crippen LogP contribution in [0.3, 0.4) is 0 Å². The summed E-state index contributed by atoms with van der Waals surface area (Å²) in [6.45, 7) is 4.19. The Morgan fingerprint density at radius 2 is 1.86 bits per heavy atom. The molecular weight excluding hydrogens is 266 g/mol. The van der Waals surface area contributed by atoms with Crippen molar-refractivity contribution in [3.8, 4) is 0 Å². The maximum absolute atomic E-state index is 12.7. The van der Waals surface area contributed by atoms with E-state index >= 15 is 0 Å². The average Bonchev–Trinajstić information content (AvgIpc) is 2.92. The van der Waals surface area contributed by atoms with Crippen molar-refractivity contribution in [1.29, 1.82) is 0 Å². The third-order valence-electron chi connectivity index (χ3n) is 3.73. The summed E-state index contributed by atoms with van der Waals surface area (Å²) in [7, 11) is 0. The van der Waals surface area contributed by atoms with Gasteiger partial charge in [0.1, 0.15) is 16.7 Å². The third-order valence-corrected chi connectivity index (χ3v) is 3.73. The van der Waals surface area contributed by atoms with E-state index in [1.807, 2.05) is 18.3 Å². The smallest absolute Gasteiger partial charge is 0.265 e. The summed E-state index contributed by atoms with van der Waals surface area (Å²) < 4.78 is 1.60. The van der Waals surface area contributed by atoms with E-state index in [0.717, 1.165) is 5.56 Å². The summed E-state index contributed by atoms with van der Waals surface area (Å²) in [5.74, 6) is 0.356. The standard InChI is InChI=1S/C15H13N5O/c1-8(2)9-3-4-14-16-11-6-13-12(17-19-18-13)5-10(11)15(21)20(14)7-9/h3-8H,1-2H3,(H,17,18,19). The highest BCUT2D eigenvalue weighted by atomic mass is 16.1. The zero-order valence-corrected chi connectivity index (χ0v) is 11.7. The SMILES string of the molecule is CC(C)c1ccc2nc3cc4n[nH]nc4cc3c(=O)n2c1. The monoisotopic (exact) mass is 279 g/mol. The van der Waals surface area contributed by atoms with E-state index in [2.05, 4.69) is 34.2 Å².